The second-order valence-electron chi connectivity index (χ2n) is 7.01. The van der Waals surface area contributed by atoms with Crippen LogP contribution in [0, 0.1) is 26.7 Å². The maximum atomic E-state index is 12.5. The van der Waals surface area contributed by atoms with Gasteiger partial charge in [-0.2, -0.15) is 0 Å². The standard InChI is InChI=1S/C19H24N4O2S/c1-12-8-13(2)10-16(9-12)18(24)20-11-15-4-6-23(7-5-15)19(25)17-14(3)21-22-26-17/h8-10,15H,4-7,11H2,1-3H3,(H,20,24). The zero-order chi connectivity index (χ0) is 18.7. The Morgan fingerprint density at radius 3 is 2.38 bits per heavy atom. The quantitative estimate of drug-likeness (QED) is 0.895. The molecule has 1 N–H and O–H groups in total. The molecule has 138 valence electrons. The number of piperidine rings is 1. The molecule has 2 amide bonds. The number of aromatic nitrogens is 2. The first kappa shape index (κ1) is 18.5. The molecule has 0 atom stereocenters. The third-order valence-corrected chi connectivity index (χ3v) is 5.60. The number of amides is 2. The molecule has 0 aliphatic carbocycles. The molecule has 2 heterocycles. The van der Waals surface area contributed by atoms with Crippen molar-refractivity contribution in [1.82, 2.24) is 19.8 Å². The normalized spacial score (nSPS) is 15.1. The van der Waals surface area contributed by atoms with Crippen molar-refractivity contribution < 1.29 is 9.59 Å². The van der Waals surface area contributed by atoms with Crippen molar-refractivity contribution in [3.8, 4) is 0 Å². The number of benzene rings is 1. The lowest BCUT2D eigenvalue weighted by atomic mass is 9.96. The lowest BCUT2D eigenvalue weighted by molar-refractivity contribution is 0.0688. The molecule has 2 aromatic rings. The summed E-state index contributed by atoms with van der Waals surface area (Å²) in [4.78, 5) is 27.4. The molecule has 1 aromatic heterocycles. The summed E-state index contributed by atoms with van der Waals surface area (Å²) in [5.74, 6) is 0.395. The minimum Gasteiger partial charge on any atom is -0.352 e. The van der Waals surface area contributed by atoms with Crippen molar-refractivity contribution in [2.75, 3.05) is 19.6 Å². The molecule has 1 saturated heterocycles. The van der Waals surface area contributed by atoms with Gasteiger partial charge in [0.25, 0.3) is 11.8 Å². The van der Waals surface area contributed by atoms with E-state index in [1.54, 1.807) is 0 Å². The fourth-order valence-corrected chi connectivity index (χ4v) is 3.98. The van der Waals surface area contributed by atoms with E-state index < -0.39 is 0 Å². The summed E-state index contributed by atoms with van der Waals surface area (Å²) >= 11 is 1.16. The van der Waals surface area contributed by atoms with Crippen LogP contribution in [-0.4, -0.2) is 45.9 Å². The summed E-state index contributed by atoms with van der Waals surface area (Å²) in [7, 11) is 0. The molecule has 0 bridgehead atoms. The van der Waals surface area contributed by atoms with Gasteiger partial charge in [0.15, 0.2) is 0 Å². The average molecular weight is 372 g/mol. The topological polar surface area (TPSA) is 75.2 Å². The van der Waals surface area contributed by atoms with Gasteiger partial charge >= 0.3 is 0 Å². The Morgan fingerprint density at radius 2 is 1.81 bits per heavy atom. The number of nitrogens with one attached hydrogen (secondary N) is 1. The molecule has 3 rings (SSSR count). The Morgan fingerprint density at radius 1 is 1.15 bits per heavy atom. The molecule has 7 heteroatoms. The van der Waals surface area contributed by atoms with Crippen LogP contribution in [0.3, 0.4) is 0 Å². The van der Waals surface area contributed by atoms with Crippen LogP contribution in [0.25, 0.3) is 0 Å². The number of likely N-dealkylation sites (tertiary alicyclic amines) is 1. The lowest BCUT2D eigenvalue weighted by Gasteiger charge is -2.31. The van der Waals surface area contributed by atoms with Gasteiger partial charge in [-0.05, 0) is 63.2 Å². The van der Waals surface area contributed by atoms with E-state index in [1.807, 2.05) is 37.8 Å². The average Bonchev–Trinajstić information content (AvgIpc) is 3.04. The smallest absolute Gasteiger partial charge is 0.267 e. The highest BCUT2D eigenvalue weighted by Crippen LogP contribution is 2.21. The van der Waals surface area contributed by atoms with E-state index >= 15 is 0 Å². The Kier molecular flexibility index (Phi) is 5.66. The molecule has 1 aliphatic rings. The number of carbonyl (C=O) groups excluding carboxylic acids is 2. The van der Waals surface area contributed by atoms with Gasteiger partial charge in [-0.3, -0.25) is 9.59 Å². The van der Waals surface area contributed by atoms with Gasteiger partial charge in [-0.25, -0.2) is 0 Å². The number of hydrogen-bond donors (Lipinski definition) is 1. The van der Waals surface area contributed by atoms with E-state index in [0.717, 1.165) is 35.5 Å². The van der Waals surface area contributed by atoms with Crippen LogP contribution in [-0.2, 0) is 0 Å². The van der Waals surface area contributed by atoms with Crippen LogP contribution >= 0.6 is 11.5 Å². The molecule has 26 heavy (non-hydrogen) atoms. The lowest BCUT2D eigenvalue weighted by Crippen LogP contribution is -2.41. The first-order valence-corrected chi connectivity index (χ1v) is 9.66. The van der Waals surface area contributed by atoms with Crippen LogP contribution in [0.1, 0.15) is 49.7 Å². The zero-order valence-corrected chi connectivity index (χ0v) is 16.2. The van der Waals surface area contributed by atoms with Crippen molar-refractivity contribution in [2.24, 2.45) is 5.92 Å². The summed E-state index contributed by atoms with van der Waals surface area (Å²) in [6, 6.07) is 5.88. The first-order chi connectivity index (χ1) is 12.4. The van der Waals surface area contributed by atoms with E-state index in [0.29, 0.717) is 41.7 Å². The largest absolute Gasteiger partial charge is 0.352 e. The molecule has 1 fully saturated rings. The van der Waals surface area contributed by atoms with Crippen LogP contribution in [0.15, 0.2) is 18.2 Å². The fraction of sp³-hybridized carbons (Fsp3) is 0.474. The molecule has 0 radical (unpaired) electrons. The summed E-state index contributed by atoms with van der Waals surface area (Å²) in [6.07, 6.45) is 1.79. The van der Waals surface area contributed by atoms with Crippen molar-refractivity contribution in [2.45, 2.75) is 33.6 Å². The van der Waals surface area contributed by atoms with Gasteiger partial charge in [0.1, 0.15) is 4.88 Å². The highest BCUT2D eigenvalue weighted by molar-refractivity contribution is 7.07. The predicted octanol–water partition coefficient (Wildman–Crippen LogP) is 2.75. The molecule has 1 aromatic carbocycles. The summed E-state index contributed by atoms with van der Waals surface area (Å²) in [6.45, 7) is 7.87. The van der Waals surface area contributed by atoms with Crippen molar-refractivity contribution in [3.63, 3.8) is 0 Å². The second kappa shape index (κ2) is 7.95. The maximum Gasteiger partial charge on any atom is 0.267 e. The number of aryl methyl sites for hydroxylation is 3. The fourth-order valence-electron chi connectivity index (χ4n) is 3.36. The Hall–Kier alpha value is -2.28. The highest BCUT2D eigenvalue weighted by Gasteiger charge is 2.26. The van der Waals surface area contributed by atoms with Crippen LogP contribution in [0.4, 0.5) is 0 Å². The minimum absolute atomic E-state index is 0.0234. The van der Waals surface area contributed by atoms with Crippen molar-refractivity contribution >= 4 is 23.3 Å². The van der Waals surface area contributed by atoms with Crippen molar-refractivity contribution in [3.05, 3.63) is 45.5 Å². The van der Waals surface area contributed by atoms with Gasteiger partial charge < -0.3 is 10.2 Å². The van der Waals surface area contributed by atoms with Crippen LogP contribution < -0.4 is 5.32 Å². The molecule has 6 nitrogen and oxygen atoms in total. The SMILES string of the molecule is Cc1cc(C)cc(C(=O)NCC2CCN(C(=O)c3snnc3C)CC2)c1. The second-order valence-corrected chi connectivity index (χ2v) is 7.76. The third kappa shape index (κ3) is 4.27. The van der Waals surface area contributed by atoms with E-state index in [1.165, 1.54) is 0 Å². The van der Waals surface area contributed by atoms with Gasteiger partial charge in [0, 0.05) is 25.2 Å². The number of carbonyl (C=O) groups is 2. The number of nitrogens with zero attached hydrogens (tertiary/aromatic N) is 3. The maximum absolute atomic E-state index is 12.5. The van der Waals surface area contributed by atoms with Gasteiger partial charge in [-0.1, -0.05) is 21.7 Å². The van der Waals surface area contributed by atoms with Crippen molar-refractivity contribution in [1.29, 1.82) is 0 Å². The highest BCUT2D eigenvalue weighted by atomic mass is 32.1. The van der Waals surface area contributed by atoms with Gasteiger partial charge in [0.05, 0.1) is 5.69 Å². The molecule has 0 spiro atoms. The van der Waals surface area contributed by atoms with E-state index in [-0.39, 0.29) is 11.8 Å². The van der Waals surface area contributed by atoms with Gasteiger partial charge in [0.2, 0.25) is 0 Å². The van der Waals surface area contributed by atoms with Crippen LogP contribution in [0.5, 0.6) is 0 Å². The van der Waals surface area contributed by atoms with E-state index in [4.69, 9.17) is 0 Å². The Bertz CT molecular complexity index is 789. The minimum atomic E-state index is -0.0262. The molecular formula is C19H24N4O2S. The molecular weight excluding hydrogens is 348 g/mol. The van der Waals surface area contributed by atoms with Gasteiger partial charge in [-0.15, -0.1) is 5.10 Å². The number of hydrogen-bond acceptors (Lipinski definition) is 5. The molecule has 0 saturated carbocycles. The summed E-state index contributed by atoms with van der Waals surface area (Å²) in [5, 5.41) is 6.95. The molecule has 0 unspecified atom stereocenters. The first-order valence-electron chi connectivity index (χ1n) is 8.88. The Labute approximate surface area is 157 Å². The van der Waals surface area contributed by atoms with E-state index in [2.05, 4.69) is 21.0 Å². The Balaban J connectivity index is 1.49. The zero-order valence-electron chi connectivity index (χ0n) is 15.4. The van der Waals surface area contributed by atoms with Crippen LogP contribution in [0.2, 0.25) is 0 Å². The molecule has 1 aliphatic heterocycles. The number of rotatable bonds is 4. The summed E-state index contributed by atoms with van der Waals surface area (Å²) in [5.41, 5.74) is 3.59. The predicted molar refractivity (Wildman–Crippen MR) is 102 cm³/mol. The van der Waals surface area contributed by atoms with E-state index in [9.17, 15) is 9.59 Å². The summed E-state index contributed by atoms with van der Waals surface area (Å²) < 4.78 is 3.84. The third-order valence-electron chi connectivity index (χ3n) is 4.78. The monoisotopic (exact) mass is 372 g/mol.